The molecule has 4 rings (SSSR count). The van der Waals surface area contributed by atoms with E-state index in [1.807, 2.05) is 17.0 Å². The van der Waals surface area contributed by atoms with Crippen molar-refractivity contribution in [2.24, 2.45) is 0 Å². The van der Waals surface area contributed by atoms with E-state index in [2.05, 4.69) is 62.9 Å². The third kappa shape index (κ3) is 4.01. The maximum Gasteiger partial charge on any atom is 0.253 e. The van der Waals surface area contributed by atoms with Gasteiger partial charge in [0.05, 0.1) is 10.2 Å². The highest BCUT2D eigenvalue weighted by molar-refractivity contribution is 7.22. The fourth-order valence-electron chi connectivity index (χ4n) is 3.81. The van der Waals surface area contributed by atoms with Gasteiger partial charge in [-0.25, -0.2) is 4.98 Å². The summed E-state index contributed by atoms with van der Waals surface area (Å²) in [6, 6.07) is 14.5. The molecule has 1 aliphatic heterocycles. The first-order valence-corrected chi connectivity index (χ1v) is 11.2. The first-order valence-electron chi connectivity index (χ1n) is 10.4. The van der Waals surface area contributed by atoms with Gasteiger partial charge in [0.25, 0.3) is 5.91 Å². The third-order valence-electron chi connectivity index (χ3n) is 5.71. The summed E-state index contributed by atoms with van der Waals surface area (Å²) in [6.07, 6.45) is 0.997. The van der Waals surface area contributed by atoms with Crippen LogP contribution in [0.15, 0.2) is 42.5 Å². The minimum absolute atomic E-state index is 0.0993. The van der Waals surface area contributed by atoms with Gasteiger partial charge in [0.1, 0.15) is 0 Å². The number of anilines is 1. The summed E-state index contributed by atoms with van der Waals surface area (Å²) >= 11 is 1.75. The first kappa shape index (κ1) is 19.9. The predicted octanol–water partition coefficient (Wildman–Crippen LogP) is 5.12. The number of aryl methyl sites for hydroxylation is 1. The molecule has 1 fully saturated rings. The van der Waals surface area contributed by atoms with E-state index in [4.69, 9.17) is 4.98 Å². The van der Waals surface area contributed by atoms with Gasteiger partial charge >= 0.3 is 0 Å². The molecule has 0 spiro atoms. The van der Waals surface area contributed by atoms with Gasteiger partial charge in [-0.15, -0.1) is 0 Å². The molecule has 0 bridgehead atoms. The molecule has 152 valence electrons. The number of benzene rings is 2. The number of aromatic nitrogens is 1. The topological polar surface area (TPSA) is 36.4 Å². The van der Waals surface area contributed by atoms with E-state index < -0.39 is 0 Å². The zero-order valence-corrected chi connectivity index (χ0v) is 18.6. The number of thiazole rings is 1. The minimum atomic E-state index is 0.0993. The Balaban J connectivity index is 1.43. The average Bonchev–Trinajstić information content (AvgIpc) is 3.17. The lowest BCUT2D eigenvalue weighted by Crippen LogP contribution is -2.48. The molecule has 0 atom stereocenters. The van der Waals surface area contributed by atoms with Gasteiger partial charge in [0.15, 0.2) is 5.13 Å². The van der Waals surface area contributed by atoms with Crippen molar-refractivity contribution in [3.63, 3.8) is 0 Å². The second-order valence-corrected chi connectivity index (χ2v) is 9.73. The number of carbonyl (C=O) groups excluding carboxylic acids is 1. The highest BCUT2D eigenvalue weighted by Gasteiger charge is 2.24. The molecule has 0 aliphatic carbocycles. The number of fused-ring (bicyclic) bond motifs is 1. The van der Waals surface area contributed by atoms with Gasteiger partial charge in [0, 0.05) is 31.7 Å². The molecular formula is C24H29N3OS. The molecule has 1 saturated heterocycles. The Hall–Kier alpha value is -2.40. The molecule has 0 unspecified atom stereocenters. The minimum Gasteiger partial charge on any atom is -0.345 e. The summed E-state index contributed by atoms with van der Waals surface area (Å²) in [5, 5.41) is 1.07. The molecule has 3 aromatic rings. The van der Waals surface area contributed by atoms with Crippen molar-refractivity contribution in [3.05, 3.63) is 59.2 Å². The van der Waals surface area contributed by atoms with Crippen LogP contribution >= 0.6 is 11.3 Å². The normalized spacial score (nSPS) is 15.2. The van der Waals surface area contributed by atoms with Crippen LogP contribution in [0.5, 0.6) is 0 Å². The van der Waals surface area contributed by atoms with Gasteiger partial charge < -0.3 is 9.80 Å². The molecule has 4 nitrogen and oxygen atoms in total. The van der Waals surface area contributed by atoms with Crippen LogP contribution in [-0.2, 0) is 11.8 Å². The summed E-state index contributed by atoms with van der Waals surface area (Å²) < 4.78 is 1.25. The SMILES string of the molecule is CCc1cccc2sc(N3CCN(C(=O)c4ccc(C(C)(C)C)cc4)CC3)nc12. The molecule has 0 radical (unpaired) electrons. The van der Waals surface area contributed by atoms with Crippen LogP contribution in [0.1, 0.15) is 49.2 Å². The van der Waals surface area contributed by atoms with E-state index in [-0.39, 0.29) is 11.3 Å². The molecular weight excluding hydrogens is 378 g/mol. The fraction of sp³-hybridized carbons (Fsp3) is 0.417. The molecule has 0 N–H and O–H groups in total. The van der Waals surface area contributed by atoms with Crippen molar-refractivity contribution < 1.29 is 4.79 Å². The first-order chi connectivity index (χ1) is 13.9. The van der Waals surface area contributed by atoms with Crippen molar-refractivity contribution in [2.75, 3.05) is 31.1 Å². The lowest BCUT2D eigenvalue weighted by molar-refractivity contribution is 0.0746. The van der Waals surface area contributed by atoms with Crippen molar-refractivity contribution in [1.29, 1.82) is 0 Å². The maximum absolute atomic E-state index is 12.9. The molecule has 5 heteroatoms. The number of piperazine rings is 1. The van der Waals surface area contributed by atoms with E-state index >= 15 is 0 Å². The molecule has 2 heterocycles. The zero-order valence-electron chi connectivity index (χ0n) is 17.7. The van der Waals surface area contributed by atoms with E-state index in [0.29, 0.717) is 0 Å². The van der Waals surface area contributed by atoms with Gasteiger partial charge in [0.2, 0.25) is 0 Å². The largest absolute Gasteiger partial charge is 0.345 e. The maximum atomic E-state index is 12.9. The Bertz CT molecular complexity index is 1010. The third-order valence-corrected chi connectivity index (χ3v) is 6.79. The van der Waals surface area contributed by atoms with Gasteiger partial charge in [-0.3, -0.25) is 4.79 Å². The van der Waals surface area contributed by atoms with Crippen molar-refractivity contribution >= 4 is 32.6 Å². The average molecular weight is 408 g/mol. The number of para-hydroxylation sites is 1. The van der Waals surface area contributed by atoms with Crippen LogP contribution < -0.4 is 4.90 Å². The summed E-state index contributed by atoms with van der Waals surface area (Å²) in [4.78, 5) is 22.1. The van der Waals surface area contributed by atoms with Gasteiger partial charge in [-0.2, -0.15) is 0 Å². The molecule has 29 heavy (non-hydrogen) atoms. The quantitative estimate of drug-likeness (QED) is 0.605. The Morgan fingerprint density at radius 1 is 1.03 bits per heavy atom. The van der Waals surface area contributed by atoms with Gasteiger partial charge in [-0.05, 0) is 41.2 Å². The Kier molecular flexibility index (Phi) is 5.34. The number of hydrogen-bond donors (Lipinski definition) is 0. The molecule has 1 amide bonds. The van der Waals surface area contributed by atoms with E-state index in [9.17, 15) is 4.79 Å². The number of rotatable bonds is 3. The second-order valence-electron chi connectivity index (χ2n) is 8.72. The van der Waals surface area contributed by atoms with Crippen molar-refractivity contribution in [3.8, 4) is 0 Å². The highest BCUT2D eigenvalue weighted by Crippen LogP contribution is 2.31. The van der Waals surface area contributed by atoms with Crippen molar-refractivity contribution in [2.45, 2.75) is 39.5 Å². The Morgan fingerprint density at radius 3 is 2.34 bits per heavy atom. The molecule has 0 saturated carbocycles. The van der Waals surface area contributed by atoms with Crippen molar-refractivity contribution in [1.82, 2.24) is 9.88 Å². The van der Waals surface area contributed by atoms with Crippen LogP contribution in [0, 0.1) is 0 Å². The van der Waals surface area contributed by atoms with Crippen LogP contribution in [0.3, 0.4) is 0 Å². The number of nitrogens with zero attached hydrogens (tertiary/aromatic N) is 3. The number of hydrogen-bond acceptors (Lipinski definition) is 4. The number of amides is 1. The van der Waals surface area contributed by atoms with E-state index in [1.165, 1.54) is 15.8 Å². The van der Waals surface area contributed by atoms with Crippen LogP contribution in [-0.4, -0.2) is 42.0 Å². The Morgan fingerprint density at radius 2 is 1.72 bits per heavy atom. The molecule has 1 aromatic heterocycles. The Labute approximate surface area is 177 Å². The summed E-state index contributed by atoms with van der Waals surface area (Å²) in [6.45, 7) is 11.9. The predicted molar refractivity (Wildman–Crippen MR) is 122 cm³/mol. The van der Waals surface area contributed by atoms with Crippen LogP contribution in [0.2, 0.25) is 0 Å². The fourth-order valence-corrected chi connectivity index (χ4v) is 4.88. The lowest BCUT2D eigenvalue weighted by Gasteiger charge is -2.34. The monoisotopic (exact) mass is 407 g/mol. The lowest BCUT2D eigenvalue weighted by atomic mass is 9.86. The second kappa shape index (κ2) is 7.79. The van der Waals surface area contributed by atoms with Crippen LogP contribution in [0.4, 0.5) is 5.13 Å². The van der Waals surface area contributed by atoms with E-state index in [0.717, 1.165) is 48.8 Å². The number of carbonyl (C=O) groups is 1. The standard InChI is InChI=1S/C24H29N3OS/c1-5-17-7-6-8-20-21(17)25-23(29-20)27-15-13-26(14-16-27)22(28)18-9-11-19(12-10-18)24(2,3)4/h6-12H,5,13-16H2,1-4H3. The zero-order chi connectivity index (χ0) is 20.6. The summed E-state index contributed by atoms with van der Waals surface area (Å²) in [5.41, 5.74) is 4.56. The highest BCUT2D eigenvalue weighted by atomic mass is 32.1. The van der Waals surface area contributed by atoms with E-state index in [1.54, 1.807) is 11.3 Å². The summed E-state index contributed by atoms with van der Waals surface area (Å²) in [5.74, 6) is 0.127. The molecule has 2 aromatic carbocycles. The van der Waals surface area contributed by atoms with Gasteiger partial charge in [-0.1, -0.05) is 63.3 Å². The summed E-state index contributed by atoms with van der Waals surface area (Å²) in [7, 11) is 0. The van der Waals surface area contributed by atoms with Crippen LogP contribution in [0.25, 0.3) is 10.2 Å². The smallest absolute Gasteiger partial charge is 0.253 e. The molecule has 1 aliphatic rings.